The van der Waals surface area contributed by atoms with E-state index in [9.17, 15) is 0 Å². The molecule has 1 aromatic heterocycles. The number of hydrogen-bond donors (Lipinski definition) is 0. The van der Waals surface area contributed by atoms with Crippen molar-refractivity contribution >= 4 is 46.1 Å². The van der Waals surface area contributed by atoms with Crippen molar-refractivity contribution in [2.24, 2.45) is 0 Å². The summed E-state index contributed by atoms with van der Waals surface area (Å²) in [6, 6.07) is 20.4. The lowest BCUT2D eigenvalue weighted by molar-refractivity contribution is 0.00578. The predicted octanol–water partition coefficient (Wildman–Crippen LogP) is 6.21. The zero-order valence-corrected chi connectivity index (χ0v) is 17.7. The largest absolute Gasteiger partial charge is 0.498 e. The zero-order valence-electron chi connectivity index (χ0n) is 17.0. The summed E-state index contributed by atoms with van der Waals surface area (Å²) < 4.78 is 18.9. The van der Waals surface area contributed by atoms with Crippen LogP contribution in [0.15, 0.2) is 65.1 Å². The lowest BCUT2D eigenvalue weighted by Gasteiger charge is -2.32. The van der Waals surface area contributed by atoms with E-state index in [2.05, 4.69) is 30.3 Å². The Morgan fingerprint density at radius 3 is 2.14 bits per heavy atom. The summed E-state index contributed by atoms with van der Waals surface area (Å²) in [5.74, 6) is 0. The smallest absolute Gasteiger partial charge is 0.456 e. The molecule has 0 bridgehead atoms. The quantitative estimate of drug-likeness (QED) is 0.372. The third-order valence-electron chi connectivity index (χ3n) is 6.18. The van der Waals surface area contributed by atoms with Crippen LogP contribution < -0.4 is 5.46 Å². The van der Waals surface area contributed by atoms with Gasteiger partial charge in [0.25, 0.3) is 0 Å². The summed E-state index contributed by atoms with van der Waals surface area (Å²) in [4.78, 5) is 0. The highest BCUT2D eigenvalue weighted by molar-refractivity contribution is 6.65. The Morgan fingerprint density at radius 2 is 1.45 bits per heavy atom. The molecule has 4 aromatic rings. The number of rotatable bonds is 2. The van der Waals surface area contributed by atoms with Gasteiger partial charge in [0.2, 0.25) is 0 Å². The van der Waals surface area contributed by atoms with Crippen LogP contribution in [0.3, 0.4) is 0 Å². The normalized spacial score (nSPS) is 18.0. The molecule has 0 N–H and O–H groups in total. The van der Waals surface area contributed by atoms with Crippen molar-refractivity contribution in [2.45, 2.75) is 38.9 Å². The Kier molecular flexibility index (Phi) is 4.11. The van der Waals surface area contributed by atoms with Crippen molar-refractivity contribution in [2.75, 3.05) is 0 Å². The fourth-order valence-electron chi connectivity index (χ4n) is 3.82. The van der Waals surface area contributed by atoms with Crippen LogP contribution in [0.4, 0.5) is 0 Å². The van der Waals surface area contributed by atoms with Crippen LogP contribution in [0.25, 0.3) is 33.1 Å². The molecule has 0 spiro atoms. The van der Waals surface area contributed by atoms with Gasteiger partial charge in [0.1, 0.15) is 11.2 Å². The maximum Gasteiger partial charge on any atom is 0.498 e. The Labute approximate surface area is 175 Å². The predicted molar refractivity (Wildman–Crippen MR) is 120 cm³/mol. The van der Waals surface area contributed by atoms with Crippen LogP contribution in [0.1, 0.15) is 27.7 Å². The third kappa shape index (κ3) is 2.98. The molecule has 1 fully saturated rings. The second kappa shape index (κ2) is 6.37. The summed E-state index contributed by atoms with van der Waals surface area (Å²) in [7, 11) is -0.532. The molecule has 5 heteroatoms. The van der Waals surface area contributed by atoms with Crippen molar-refractivity contribution in [1.82, 2.24) is 0 Å². The van der Waals surface area contributed by atoms with Gasteiger partial charge in [-0.2, -0.15) is 0 Å². The van der Waals surface area contributed by atoms with E-state index in [4.69, 9.17) is 25.3 Å². The minimum Gasteiger partial charge on any atom is -0.456 e. The molecule has 1 aliphatic heterocycles. The lowest BCUT2D eigenvalue weighted by atomic mass is 9.78. The molecular formula is C24H22BClO3. The lowest BCUT2D eigenvalue weighted by Crippen LogP contribution is -2.41. The molecule has 29 heavy (non-hydrogen) atoms. The van der Waals surface area contributed by atoms with E-state index in [1.165, 1.54) is 0 Å². The van der Waals surface area contributed by atoms with Crippen molar-refractivity contribution in [3.05, 3.63) is 65.7 Å². The van der Waals surface area contributed by atoms with Crippen LogP contribution in [0, 0.1) is 0 Å². The van der Waals surface area contributed by atoms with Gasteiger partial charge in [-0.15, -0.1) is 0 Å². The maximum atomic E-state index is 6.48. The first-order chi connectivity index (χ1) is 13.7. The van der Waals surface area contributed by atoms with Crippen LogP contribution in [-0.4, -0.2) is 18.3 Å². The average molecular weight is 405 g/mol. The van der Waals surface area contributed by atoms with Crippen LogP contribution >= 0.6 is 11.6 Å². The molecule has 0 atom stereocenters. The molecule has 1 saturated heterocycles. The van der Waals surface area contributed by atoms with Gasteiger partial charge >= 0.3 is 7.12 Å². The van der Waals surface area contributed by atoms with Gasteiger partial charge in [0.15, 0.2) is 0 Å². The molecule has 0 aliphatic carbocycles. The summed E-state index contributed by atoms with van der Waals surface area (Å²) in [5, 5.41) is 2.63. The van der Waals surface area contributed by atoms with E-state index in [-0.39, 0.29) is 0 Å². The molecule has 0 saturated carbocycles. The first-order valence-electron chi connectivity index (χ1n) is 9.82. The van der Waals surface area contributed by atoms with Crippen molar-refractivity contribution < 1.29 is 13.7 Å². The van der Waals surface area contributed by atoms with Crippen LogP contribution in [-0.2, 0) is 9.31 Å². The molecule has 3 aromatic carbocycles. The van der Waals surface area contributed by atoms with E-state index in [0.717, 1.165) is 38.5 Å². The van der Waals surface area contributed by atoms with Crippen molar-refractivity contribution in [3.63, 3.8) is 0 Å². The second-order valence-corrected chi connectivity index (χ2v) is 9.08. The third-order valence-corrected chi connectivity index (χ3v) is 6.40. The Bertz CT molecular complexity index is 1210. The summed E-state index contributed by atoms with van der Waals surface area (Å²) >= 11 is 6.48. The molecule has 146 valence electrons. The van der Waals surface area contributed by atoms with E-state index in [1.54, 1.807) is 0 Å². The highest BCUT2D eigenvalue weighted by atomic mass is 35.5. The fourth-order valence-corrected chi connectivity index (χ4v) is 4.05. The monoisotopic (exact) mass is 404 g/mol. The highest BCUT2D eigenvalue weighted by Crippen LogP contribution is 2.39. The van der Waals surface area contributed by atoms with Gasteiger partial charge in [-0.25, -0.2) is 0 Å². The molecule has 0 amide bonds. The topological polar surface area (TPSA) is 31.6 Å². The van der Waals surface area contributed by atoms with Crippen molar-refractivity contribution in [3.8, 4) is 11.1 Å². The molecule has 1 aliphatic rings. The summed E-state index contributed by atoms with van der Waals surface area (Å²) in [6.07, 6.45) is 0. The molecule has 2 heterocycles. The first-order valence-corrected chi connectivity index (χ1v) is 10.2. The minimum absolute atomic E-state index is 0.432. The number of fused-ring (bicyclic) bond motifs is 3. The molecular weight excluding hydrogens is 383 g/mol. The van der Waals surface area contributed by atoms with E-state index in [0.29, 0.717) is 5.02 Å². The van der Waals surface area contributed by atoms with Gasteiger partial charge in [-0.05, 0) is 63.1 Å². The van der Waals surface area contributed by atoms with Gasteiger partial charge in [0.05, 0.1) is 11.2 Å². The fraction of sp³-hybridized carbons (Fsp3) is 0.250. The van der Waals surface area contributed by atoms with E-state index in [1.807, 2.05) is 58.0 Å². The minimum atomic E-state index is -0.532. The SMILES string of the molecule is CC1(C)OB(c2cc(Cl)cc3c2oc2cc(-c4ccccc4)ccc23)OC1(C)C. The number of benzene rings is 3. The Morgan fingerprint density at radius 1 is 0.759 bits per heavy atom. The molecule has 0 unspecified atom stereocenters. The van der Waals surface area contributed by atoms with E-state index >= 15 is 0 Å². The maximum absolute atomic E-state index is 6.48. The number of halogens is 1. The number of hydrogen-bond acceptors (Lipinski definition) is 3. The average Bonchev–Trinajstić information content (AvgIpc) is 3.14. The van der Waals surface area contributed by atoms with Gasteiger partial charge in [0, 0.05) is 21.3 Å². The van der Waals surface area contributed by atoms with Gasteiger partial charge < -0.3 is 13.7 Å². The molecule has 0 radical (unpaired) electrons. The van der Waals surface area contributed by atoms with Crippen LogP contribution in [0.2, 0.25) is 5.02 Å². The Balaban J connectivity index is 1.68. The summed E-state index contributed by atoms with van der Waals surface area (Å²) in [5.41, 5.74) is 3.80. The highest BCUT2D eigenvalue weighted by Gasteiger charge is 2.52. The van der Waals surface area contributed by atoms with E-state index < -0.39 is 18.3 Å². The molecule has 5 rings (SSSR count). The molecule has 3 nitrogen and oxygen atoms in total. The van der Waals surface area contributed by atoms with Gasteiger partial charge in [-0.1, -0.05) is 48.0 Å². The van der Waals surface area contributed by atoms with Gasteiger partial charge in [-0.3, -0.25) is 0 Å². The van der Waals surface area contributed by atoms with Crippen LogP contribution in [0.5, 0.6) is 0 Å². The zero-order chi connectivity index (χ0) is 20.4. The standard InChI is InChI=1S/C24H22BClO3/c1-23(2)24(3,4)29-25(28-23)20-14-17(26)13-19-18-11-10-16(12-21(18)27-22(19)20)15-8-6-5-7-9-15/h5-14H,1-4H3. The number of furan rings is 1. The van der Waals surface area contributed by atoms with Crippen molar-refractivity contribution in [1.29, 1.82) is 0 Å². The first kappa shape index (κ1) is 18.7. The second-order valence-electron chi connectivity index (χ2n) is 8.64. The summed E-state index contributed by atoms with van der Waals surface area (Å²) in [6.45, 7) is 8.16. The Hall–Kier alpha value is -2.27.